The molecule has 132 valence electrons. The van der Waals surface area contributed by atoms with E-state index in [0.717, 1.165) is 12.8 Å². The van der Waals surface area contributed by atoms with Crippen LogP contribution in [0.2, 0.25) is 0 Å². The van der Waals surface area contributed by atoms with E-state index in [-0.39, 0.29) is 18.1 Å². The largest absolute Gasteiger partial charge is 0.441 e. The first kappa shape index (κ1) is 16.3. The molecule has 10 heteroatoms. The molecule has 2 saturated heterocycles. The minimum atomic E-state index is -0.446. The molecule has 0 radical (unpaired) electrons. The van der Waals surface area contributed by atoms with Gasteiger partial charge < -0.3 is 25.6 Å². The number of aromatic amines is 1. The molecule has 3 amide bonds. The van der Waals surface area contributed by atoms with Gasteiger partial charge in [-0.1, -0.05) is 0 Å². The molecule has 3 rings (SSSR count). The fraction of sp³-hybridized carbons (Fsp3) is 0.714. The summed E-state index contributed by atoms with van der Waals surface area (Å²) in [6.07, 6.45) is 2.52. The number of carbonyl (C=O) groups excluding carboxylic acids is 2. The number of nitrogens with one attached hydrogen (secondary N) is 2. The Hall–Kier alpha value is -2.52. The molecule has 1 aromatic heterocycles. The Balaban J connectivity index is 1.47. The third-order valence-corrected chi connectivity index (χ3v) is 4.51. The van der Waals surface area contributed by atoms with Crippen LogP contribution in [0.1, 0.15) is 25.1 Å². The quantitative estimate of drug-likeness (QED) is 0.709. The Labute approximate surface area is 139 Å². The van der Waals surface area contributed by atoms with Gasteiger partial charge in [0.1, 0.15) is 11.4 Å². The van der Waals surface area contributed by atoms with Crippen molar-refractivity contribution in [1.82, 2.24) is 30.3 Å². The SMILES string of the molecule is CN1C[C@]2(CCCN(C(=O)NCCc3nc(N)n[nH]3)CC2)OC1=O. The minimum absolute atomic E-state index is 0.114. The van der Waals surface area contributed by atoms with Gasteiger partial charge in [0.2, 0.25) is 5.95 Å². The number of likely N-dealkylation sites (N-methyl/N-ethyl adjacent to an activating group) is 1. The number of anilines is 1. The van der Waals surface area contributed by atoms with Crippen molar-refractivity contribution < 1.29 is 14.3 Å². The third-order valence-electron chi connectivity index (χ3n) is 4.51. The predicted octanol–water partition coefficient (Wildman–Crippen LogP) is -0.0543. The highest BCUT2D eigenvalue weighted by molar-refractivity contribution is 5.74. The molecule has 1 spiro atoms. The number of carbonyl (C=O) groups is 2. The normalized spacial score (nSPS) is 24.1. The first-order valence-corrected chi connectivity index (χ1v) is 8.11. The molecule has 2 fully saturated rings. The van der Waals surface area contributed by atoms with Crippen molar-refractivity contribution in [1.29, 1.82) is 0 Å². The third kappa shape index (κ3) is 3.52. The highest BCUT2D eigenvalue weighted by Gasteiger charge is 2.44. The first-order valence-electron chi connectivity index (χ1n) is 8.11. The van der Waals surface area contributed by atoms with E-state index in [0.29, 0.717) is 44.8 Å². The van der Waals surface area contributed by atoms with Crippen LogP contribution in [0.15, 0.2) is 0 Å². The molecule has 2 aliphatic heterocycles. The molecule has 24 heavy (non-hydrogen) atoms. The lowest BCUT2D eigenvalue weighted by Gasteiger charge is -2.25. The Kier molecular flexibility index (Phi) is 4.45. The minimum Gasteiger partial charge on any atom is -0.441 e. The molecule has 1 atom stereocenters. The van der Waals surface area contributed by atoms with Gasteiger partial charge in [-0.3, -0.25) is 5.10 Å². The van der Waals surface area contributed by atoms with Crippen LogP contribution in [0.4, 0.5) is 15.5 Å². The number of ether oxygens (including phenoxy) is 1. The van der Waals surface area contributed by atoms with E-state index >= 15 is 0 Å². The summed E-state index contributed by atoms with van der Waals surface area (Å²) in [5.74, 6) is 0.841. The number of H-pyrrole nitrogens is 1. The molecule has 3 heterocycles. The first-order chi connectivity index (χ1) is 11.5. The van der Waals surface area contributed by atoms with Crippen molar-refractivity contribution in [2.75, 3.05) is 39.0 Å². The summed E-state index contributed by atoms with van der Waals surface area (Å²) in [7, 11) is 1.74. The van der Waals surface area contributed by atoms with Gasteiger partial charge in [0, 0.05) is 39.5 Å². The number of nitrogens with two attached hydrogens (primary N) is 1. The van der Waals surface area contributed by atoms with Gasteiger partial charge in [-0.05, 0) is 12.8 Å². The smallest absolute Gasteiger partial charge is 0.410 e. The summed E-state index contributed by atoms with van der Waals surface area (Å²) >= 11 is 0. The average molecular weight is 337 g/mol. The fourth-order valence-corrected chi connectivity index (χ4v) is 3.24. The highest BCUT2D eigenvalue weighted by Crippen LogP contribution is 2.32. The van der Waals surface area contributed by atoms with Crippen molar-refractivity contribution in [3.8, 4) is 0 Å². The molecule has 0 aliphatic carbocycles. The Bertz CT molecular complexity index is 619. The number of amides is 3. The molecule has 0 bridgehead atoms. The molecule has 0 unspecified atom stereocenters. The Morgan fingerprint density at radius 3 is 2.96 bits per heavy atom. The molecule has 1 aromatic rings. The lowest BCUT2D eigenvalue weighted by Crippen LogP contribution is -2.42. The Morgan fingerprint density at radius 1 is 1.46 bits per heavy atom. The van der Waals surface area contributed by atoms with Gasteiger partial charge in [0.05, 0.1) is 6.54 Å². The van der Waals surface area contributed by atoms with Crippen LogP contribution in [0.25, 0.3) is 0 Å². The van der Waals surface area contributed by atoms with Crippen molar-refractivity contribution in [3.63, 3.8) is 0 Å². The molecule has 0 saturated carbocycles. The van der Waals surface area contributed by atoms with Crippen LogP contribution >= 0.6 is 0 Å². The van der Waals surface area contributed by atoms with Gasteiger partial charge in [0.25, 0.3) is 0 Å². The number of hydrogen-bond acceptors (Lipinski definition) is 6. The molecule has 10 nitrogen and oxygen atoms in total. The van der Waals surface area contributed by atoms with Crippen LogP contribution in [0.3, 0.4) is 0 Å². The zero-order valence-electron chi connectivity index (χ0n) is 13.7. The highest BCUT2D eigenvalue weighted by atomic mass is 16.6. The summed E-state index contributed by atoms with van der Waals surface area (Å²) in [6, 6.07) is -0.114. The van der Waals surface area contributed by atoms with Crippen LogP contribution in [-0.4, -0.2) is 75.9 Å². The number of aromatic nitrogens is 3. The fourth-order valence-electron chi connectivity index (χ4n) is 3.24. The van der Waals surface area contributed by atoms with Crippen LogP contribution < -0.4 is 11.1 Å². The zero-order chi connectivity index (χ0) is 17.2. The van der Waals surface area contributed by atoms with E-state index < -0.39 is 5.60 Å². The summed E-state index contributed by atoms with van der Waals surface area (Å²) in [5.41, 5.74) is 4.99. The molecule has 2 aliphatic rings. The zero-order valence-corrected chi connectivity index (χ0v) is 13.7. The molecule has 4 N–H and O–H groups in total. The van der Waals surface area contributed by atoms with Crippen LogP contribution in [-0.2, 0) is 11.2 Å². The lowest BCUT2D eigenvalue weighted by atomic mass is 9.95. The monoisotopic (exact) mass is 337 g/mol. The lowest BCUT2D eigenvalue weighted by molar-refractivity contribution is 0.0453. The average Bonchev–Trinajstić information content (AvgIpc) is 2.98. The van der Waals surface area contributed by atoms with Gasteiger partial charge in [-0.2, -0.15) is 4.98 Å². The van der Waals surface area contributed by atoms with Gasteiger partial charge in [-0.15, -0.1) is 5.10 Å². The summed E-state index contributed by atoms with van der Waals surface area (Å²) < 4.78 is 5.55. The van der Waals surface area contributed by atoms with Gasteiger partial charge in [-0.25, -0.2) is 9.59 Å². The summed E-state index contributed by atoms with van der Waals surface area (Å²) in [5, 5.41) is 9.32. The maximum Gasteiger partial charge on any atom is 0.410 e. The second kappa shape index (κ2) is 6.54. The topological polar surface area (TPSA) is 129 Å². The number of hydrogen-bond donors (Lipinski definition) is 3. The maximum atomic E-state index is 12.3. The van der Waals surface area contributed by atoms with Crippen molar-refractivity contribution in [2.45, 2.75) is 31.3 Å². The van der Waals surface area contributed by atoms with E-state index in [4.69, 9.17) is 10.5 Å². The van der Waals surface area contributed by atoms with E-state index in [2.05, 4.69) is 20.5 Å². The van der Waals surface area contributed by atoms with Crippen molar-refractivity contribution in [2.24, 2.45) is 0 Å². The molecular formula is C14H23N7O3. The summed E-state index contributed by atoms with van der Waals surface area (Å²) in [6.45, 7) is 2.27. The van der Waals surface area contributed by atoms with E-state index in [9.17, 15) is 9.59 Å². The standard InChI is InChI=1S/C14H23N7O3/c1-20-9-14(24-13(20)23)4-2-7-21(8-5-14)12(22)16-6-3-10-17-11(15)19-18-10/h2-9H2,1H3,(H,16,22)(H3,15,17,18,19)/t14-/m1/s1. The number of urea groups is 1. The predicted molar refractivity (Wildman–Crippen MR) is 85.2 cm³/mol. The van der Waals surface area contributed by atoms with Crippen molar-refractivity contribution in [3.05, 3.63) is 5.82 Å². The van der Waals surface area contributed by atoms with E-state index in [1.165, 1.54) is 0 Å². The number of nitrogens with zero attached hydrogens (tertiary/aromatic N) is 4. The molecular weight excluding hydrogens is 314 g/mol. The van der Waals surface area contributed by atoms with Crippen molar-refractivity contribution >= 4 is 18.1 Å². The van der Waals surface area contributed by atoms with Gasteiger partial charge in [0.15, 0.2) is 0 Å². The van der Waals surface area contributed by atoms with Crippen LogP contribution in [0, 0.1) is 0 Å². The second-order valence-electron chi connectivity index (χ2n) is 6.37. The maximum absolute atomic E-state index is 12.3. The number of likely N-dealkylation sites (tertiary alicyclic amines) is 1. The Morgan fingerprint density at radius 2 is 2.29 bits per heavy atom. The summed E-state index contributed by atoms with van der Waals surface area (Å²) in [4.78, 5) is 31.3. The van der Waals surface area contributed by atoms with Gasteiger partial charge >= 0.3 is 12.1 Å². The van der Waals surface area contributed by atoms with Crippen LogP contribution in [0.5, 0.6) is 0 Å². The second-order valence-corrected chi connectivity index (χ2v) is 6.37. The molecule has 0 aromatic carbocycles. The van der Waals surface area contributed by atoms with E-state index in [1.807, 2.05) is 0 Å². The number of rotatable bonds is 3. The number of nitrogen functional groups attached to an aromatic ring is 1. The van der Waals surface area contributed by atoms with E-state index in [1.54, 1.807) is 16.8 Å².